The third-order valence-electron chi connectivity index (χ3n) is 3.39. The van der Waals surface area contributed by atoms with Crippen LogP contribution in [0.5, 0.6) is 0 Å². The highest BCUT2D eigenvalue weighted by atomic mass is 32.1. The van der Waals surface area contributed by atoms with Crippen LogP contribution in [0, 0.1) is 13.8 Å². The molecular weight excluding hydrogens is 288 g/mol. The van der Waals surface area contributed by atoms with Gasteiger partial charge in [0.1, 0.15) is 11.5 Å². The van der Waals surface area contributed by atoms with E-state index in [0.29, 0.717) is 18.7 Å². The van der Waals surface area contributed by atoms with Crippen LogP contribution in [-0.4, -0.2) is 26.4 Å². The summed E-state index contributed by atoms with van der Waals surface area (Å²) < 4.78 is 6.91. The lowest BCUT2D eigenvalue weighted by atomic mass is 10.2. The normalized spacial score (nSPS) is 11.0. The minimum atomic E-state index is 0.384. The zero-order valence-electron chi connectivity index (χ0n) is 11.7. The van der Waals surface area contributed by atoms with E-state index >= 15 is 0 Å². The second-order valence-corrected chi connectivity index (χ2v) is 5.79. The maximum atomic E-state index is 11.2. The number of hydrogen-bond donors (Lipinski definition) is 0. The van der Waals surface area contributed by atoms with Gasteiger partial charge in [0, 0.05) is 16.9 Å². The summed E-state index contributed by atoms with van der Waals surface area (Å²) in [6.07, 6.45) is 1.39. The van der Waals surface area contributed by atoms with Crippen molar-refractivity contribution in [1.29, 1.82) is 0 Å². The van der Waals surface area contributed by atoms with Crippen molar-refractivity contribution in [2.24, 2.45) is 0 Å². The minimum absolute atomic E-state index is 0.384. The molecule has 0 aliphatic rings. The lowest BCUT2D eigenvalue weighted by Gasteiger charge is -2.05. The molecule has 0 radical (unpaired) electrons. The number of aromatic nitrogens is 4. The summed E-state index contributed by atoms with van der Waals surface area (Å²) in [7, 11) is 0. The van der Waals surface area contributed by atoms with Crippen LogP contribution in [0.2, 0.25) is 0 Å². The standard InChI is InChI=1S/C14H14N4O2S/c1-9-12(10(2)20-16-9)7-18-14(13(8-19)15-17-18)6-11-4-3-5-21-11/h3-5,8H,6-7H2,1-2H3. The molecule has 3 rings (SSSR count). The fourth-order valence-electron chi connectivity index (χ4n) is 2.20. The van der Waals surface area contributed by atoms with Gasteiger partial charge in [-0.3, -0.25) is 4.79 Å². The van der Waals surface area contributed by atoms with Gasteiger partial charge in [-0.05, 0) is 25.3 Å². The zero-order chi connectivity index (χ0) is 14.8. The van der Waals surface area contributed by atoms with Gasteiger partial charge in [-0.15, -0.1) is 16.4 Å². The Morgan fingerprint density at radius 1 is 1.43 bits per heavy atom. The number of hydrogen-bond acceptors (Lipinski definition) is 6. The zero-order valence-corrected chi connectivity index (χ0v) is 12.6. The van der Waals surface area contributed by atoms with Gasteiger partial charge in [-0.25, -0.2) is 4.68 Å². The Bertz CT molecular complexity index is 739. The molecule has 0 amide bonds. The number of carbonyl (C=O) groups excluding carboxylic acids is 1. The molecule has 0 unspecified atom stereocenters. The average molecular weight is 302 g/mol. The lowest BCUT2D eigenvalue weighted by molar-refractivity contribution is 0.111. The number of thiophene rings is 1. The molecule has 6 nitrogen and oxygen atoms in total. The van der Waals surface area contributed by atoms with Crippen molar-refractivity contribution in [2.75, 3.05) is 0 Å². The van der Waals surface area contributed by atoms with Gasteiger partial charge in [-0.1, -0.05) is 16.4 Å². The molecule has 7 heteroatoms. The Morgan fingerprint density at radius 2 is 2.29 bits per heavy atom. The first-order valence-corrected chi connectivity index (χ1v) is 7.38. The third kappa shape index (κ3) is 2.64. The summed E-state index contributed by atoms with van der Waals surface area (Å²) in [5, 5.41) is 14.0. The molecule has 3 aromatic heterocycles. The first-order chi connectivity index (χ1) is 10.2. The van der Waals surface area contributed by atoms with E-state index in [4.69, 9.17) is 4.52 Å². The molecule has 3 aromatic rings. The smallest absolute Gasteiger partial charge is 0.172 e. The summed E-state index contributed by atoms with van der Waals surface area (Å²) in [4.78, 5) is 12.3. The average Bonchev–Trinajstić information content (AvgIpc) is 3.18. The van der Waals surface area contributed by atoms with Gasteiger partial charge in [-0.2, -0.15) is 0 Å². The number of nitrogens with zero attached hydrogens (tertiary/aromatic N) is 4. The van der Waals surface area contributed by atoms with Crippen LogP contribution in [0.4, 0.5) is 0 Å². The van der Waals surface area contributed by atoms with Crippen LogP contribution in [0.15, 0.2) is 22.0 Å². The molecule has 3 heterocycles. The lowest BCUT2D eigenvalue weighted by Crippen LogP contribution is -2.09. The van der Waals surface area contributed by atoms with Gasteiger partial charge in [0.15, 0.2) is 6.29 Å². The van der Waals surface area contributed by atoms with E-state index in [1.165, 1.54) is 4.88 Å². The molecule has 0 spiro atoms. The van der Waals surface area contributed by atoms with Gasteiger partial charge < -0.3 is 4.52 Å². The topological polar surface area (TPSA) is 73.8 Å². The Morgan fingerprint density at radius 3 is 2.90 bits per heavy atom. The Kier molecular flexibility index (Phi) is 3.66. The van der Waals surface area contributed by atoms with Crippen molar-refractivity contribution in [3.8, 4) is 0 Å². The summed E-state index contributed by atoms with van der Waals surface area (Å²) >= 11 is 1.65. The van der Waals surface area contributed by atoms with Crippen molar-refractivity contribution < 1.29 is 9.32 Å². The van der Waals surface area contributed by atoms with E-state index in [2.05, 4.69) is 15.5 Å². The Hall–Kier alpha value is -2.28. The van der Waals surface area contributed by atoms with Crippen molar-refractivity contribution in [2.45, 2.75) is 26.8 Å². The van der Waals surface area contributed by atoms with Crippen LogP contribution in [0.1, 0.15) is 38.1 Å². The SMILES string of the molecule is Cc1noc(C)c1Cn1nnc(C=O)c1Cc1cccs1. The van der Waals surface area contributed by atoms with E-state index in [0.717, 1.165) is 29.0 Å². The highest BCUT2D eigenvalue weighted by molar-refractivity contribution is 7.09. The van der Waals surface area contributed by atoms with E-state index in [-0.39, 0.29) is 0 Å². The van der Waals surface area contributed by atoms with Gasteiger partial charge in [0.05, 0.1) is 17.9 Å². The van der Waals surface area contributed by atoms with Gasteiger partial charge in [0.25, 0.3) is 0 Å². The summed E-state index contributed by atoms with van der Waals surface area (Å²) in [5.41, 5.74) is 3.00. The quantitative estimate of drug-likeness (QED) is 0.677. The largest absolute Gasteiger partial charge is 0.361 e. The Labute approximate surface area is 125 Å². The summed E-state index contributed by atoms with van der Waals surface area (Å²) in [5.74, 6) is 0.762. The molecule has 0 aliphatic carbocycles. The molecule has 0 fully saturated rings. The van der Waals surface area contributed by atoms with E-state index in [1.807, 2.05) is 31.4 Å². The molecule has 0 aliphatic heterocycles. The van der Waals surface area contributed by atoms with Gasteiger partial charge in [0.2, 0.25) is 0 Å². The van der Waals surface area contributed by atoms with Crippen LogP contribution < -0.4 is 0 Å². The number of rotatable bonds is 5. The van der Waals surface area contributed by atoms with Crippen LogP contribution in [-0.2, 0) is 13.0 Å². The molecule has 0 N–H and O–H groups in total. The second-order valence-electron chi connectivity index (χ2n) is 4.76. The highest BCUT2D eigenvalue weighted by Crippen LogP contribution is 2.19. The number of carbonyl (C=O) groups is 1. The molecule has 0 bridgehead atoms. The molecule has 0 aromatic carbocycles. The Balaban J connectivity index is 1.95. The molecule has 0 atom stereocenters. The second kappa shape index (κ2) is 5.61. The van der Waals surface area contributed by atoms with Crippen molar-refractivity contribution in [1.82, 2.24) is 20.2 Å². The highest BCUT2D eigenvalue weighted by Gasteiger charge is 2.17. The molecule has 21 heavy (non-hydrogen) atoms. The molecule has 0 saturated carbocycles. The molecule has 108 valence electrons. The monoisotopic (exact) mass is 302 g/mol. The van der Waals surface area contributed by atoms with Crippen LogP contribution in [0.3, 0.4) is 0 Å². The predicted molar refractivity (Wildman–Crippen MR) is 77.6 cm³/mol. The first kappa shape index (κ1) is 13.7. The van der Waals surface area contributed by atoms with Crippen LogP contribution in [0.25, 0.3) is 0 Å². The van der Waals surface area contributed by atoms with Crippen molar-refractivity contribution >= 4 is 17.6 Å². The first-order valence-electron chi connectivity index (χ1n) is 6.50. The maximum Gasteiger partial charge on any atom is 0.172 e. The van der Waals surface area contributed by atoms with Crippen molar-refractivity contribution in [3.05, 3.63) is 50.8 Å². The molecular formula is C14H14N4O2S. The van der Waals surface area contributed by atoms with E-state index in [9.17, 15) is 4.79 Å². The molecule has 0 saturated heterocycles. The number of aldehydes is 1. The van der Waals surface area contributed by atoms with E-state index in [1.54, 1.807) is 16.0 Å². The van der Waals surface area contributed by atoms with Crippen LogP contribution >= 0.6 is 11.3 Å². The van der Waals surface area contributed by atoms with Gasteiger partial charge >= 0.3 is 0 Å². The summed E-state index contributed by atoms with van der Waals surface area (Å²) in [6, 6.07) is 4.02. The minimum Gasteiger partial charge on any atom is -0.361 e. The fraction of sp³-hybridized carbons (Fsp3) is 0.286. The summed E-state index contributed by atoms with van der Waals surface area (Å²) in [6.45, 7) is 4.26. The van der Waals surface area contributed by atoms with Crippen molar-refractivity contribution in [3.63, 3.8) is 0 Å². The maximum absolute atomic E-state index is 11.2. The fourth-order valence-corrected chi connectivity index (χ4v) is 2.91. The van der Waals surface area contributed by atoms with E-state index < -0.39 is 0 Å². The number of aryl methyl sites for hydroxylation is 2. The predicted octanol–water partition coefficient (Wildman–Crippen LogP) is 2.40. The third-order valence-corrected chi connectivity index (χ3v) is 4.27.